The van der Waals surface area contributed by atoms with Gasteiger partial charge in [-0.15, -0.1) is 0 Å². The highest BCUT2D eigenvalue weighted by molar-refractivity contribution is 5.54. The van der Waals surface area contributed by atoms with E-state index < -0.39 is 0 Å². The molecule has 2 fully saturated rings. The molecule has 2 aliphatic rings. The molecule has 0 aromatic carbocycles. The van der Waals surface area contributed by atoms with E-state index in [-0.39, 0.29) is 11.5 Å². The highest BCUT2D eigenvalue weighted by atomic mass is 16.5. The van der Waals surface area contributed by atoms with Crippen molar-refractivity contribution in [1.82, 2.24) is 20.0 Å². The number of piperidine rings is 1. The van der Waals surface area contributed by atoms with Gasteiger partial charge in [-0.05, 0) is 45.2 Å². The van der Waals surface area contributed by atoms with Crippen LogP contribution in [-0.4, -0.2) is 46.3 Å². The van der Waals surface area contributed by atoms with E-state index in [0.717, 1.165) is 25.3 Å². The molecule has 0 bridgehead atoms. The monoisotopic (exact) mass is 356 g/mol. The van der Waals surface area contributed by atoms with Gasteiger partial charge in [0, 0.05) is 29.8 Å². The Hall–Kier alpha value is -1.95. The van der Waals surface area contributed by atoms with Crippen LogP contribution in [0, 0.1) is 0 Å². The van der Waals surface area contributed by atoms with Crippen LogP contribution in [0.1, 0.15) is 63.8 Å². The summed E-state index contributed by atoms with van der Waals surface area (Å²) in [5, 5.41) is 4.13. The summed E-state index contributed by atoms with van der Waals surface area (Å²) >= 11 is 0. The predicted octanol–water partition coefficient (Wildman–Crippen LogP) is 3.78. The van der Waals surface area contributed by atoms with E-state index in [2.05, 4.69) is 47.8 Å². The number of likely N-dealkylation sites (tertiary alicyclic amines) is 1. The first-order chi connectivity index (χ1) is 12.4. The number of hydrogen-bond acceptors (Lipinski definition) is 6. The molecule has 0 amide bonds. The Balaban J connectivity index is 1.61. The first-order valence-electron chi connectivity index (χ1n) is 9.60. The van der Waals surface area contributed by atoms with Crippen molar-refractivity contribution >= 4 is 0 Å². The molecule has 1 saturated carbocycles. The van der Waals surface area contributed by atoms with Gasteiger partial charge in [-0.2, -0.15) is 4.98 Å². The first-order valence-corrected chi connectivity index (χ1v) is 9.60. The lowest BCUT2D eigenvalue weighted by Crippen LogP contribution is -2.38. The van der Waals surface area contributed by atoms with Crippen molar-refractivity contribution in [1.29, 1.82) is 0 Å². The number of pyridine rings is 1. The van der Waals surface area contributed by atoms with Crippen LogP contribution in [0.5, 0.6) is 5.75 Å². The summed E-state index contributed by atoms with van der Waals surface area (Å²) in [6.45, 7) is 8.29. The van der Waals surface area contributed by atoms with E-state index in [1.807, 2.05) is 12.3 Å². The Morgan fingerprint density at radius 3 is 2.69 bits per heavy atom. The second-order valence-corrected chi connectivity index (χ2v) is 8.70. The zero-order valence-electron chi connectivity index (χ0n) is 16.2. The Morgan fingerprint density at radius 2 is 2.04 bits per heavy atom. The number of ether oxygens (including phenoxy) is 1. The number of hydrogen-bond donors (Lipinski definition) is 0. The third kappa shape index (κ3) is 3.75. The second-order valence-electron chi connectivity index (χ2n) is 8.70. The van der Waals surface area contributed by atoms with E-state index in [4.69, 9.17) is 9.26 Å². The van der Waals surface area contributed by atoms with Crippen LogP contribution in [0.3, 0.4) is 0 Å². The van der Waals surface area contributed by atoms with Gasteiger partial charge in [0.2, 0.25) is 11.7 Å². The van der Waals surface area contributed by atoms with E-state index in [9.17, 15) is 0 Å². The molecule has 2 aromatic heterocycles. The molecule has 1 atom stereocenters. The maximum atomic E-state index is 6.43. The van der Waals surface area contributed by atoms with Crippen molar-refractivity contribution in [3.05, 3.63) is 23.7 Å². The normalized spacial score (nSPS) is 21.8. The lowest BCUT2D eigenvalue weighted by atomic mass is 9.97. The van der Waals surface area contributed by atoms with Crippen LogP contribution in [0.4, 0.5) is 0 Å². The maximum absolute atomic E-state index is 6.43. The number of nitrogens with zero attached hydrogens (tertiary/aromatic N) is 4. The van der Waals surface area contributed by atoms with Gasteiger partial charge in [-0.1, -0.05) is 25.9 Å². The van der Waals surface area contributed by atoms with Crippen LogP contribution in [0.2, 0.25) is 0 Å². The molecule has 1 saturated heterocycles. The third-order valence-corrected chi connectivity index (χ3v) is 5.08. The van der Waals surface area contributed by atoms with Gasteiger partial charge in [0.05, 0.1) is 0 Å². The van der Waals surface area contributed by atoms with Gasteiger partial charge < -0.3 is 14.2 Å². The summed E-state index contributed by atoms with van der Waals surface area (Å²) in [5.74, 6) is 2.68. The summed E-state index contributed by atoms with van der Waals surface area (Å²) < 4.78 is 11.9. The third-order valence-electron chi connectivity index (χ3n) is 5.08. The quantitative estimate of drug-likeness (QED) is 0.831. The van der Waals surface area contributed by atoms with E-state index in [1.54, 1.807) is 0 Å². The van der Waals surface area contributed by atoms with E-state index in [1.165, 1.54) is 24.8 Å². The number of aromatic nitrogens is 3. The van der Waals surface area contributed by atoms with Crippen molar-refractivity contribution in [2.24, 2.45) is 0 Å². The molecule has 1 aliphatic heterocycles. The van der Waals surface area contributed by atoms with Gasteiger partial charge in [0.15, 0.2) is 0 Å². The molecule has 6 nitrogen and oxygen atoms in total. The average molecular weight is 356 g/mol. The van der Waals surface area contributed by atoms with Gasteiger partial charge in [-0.3, -0.25) is 4.98 Å². The fourth-order valence-corrected chi connectivity index (χ4v) is 3.40. The van der Waals surface area contributed by atoms with Gasteiger partial charge >= 0.3 is 0 Å². The molecule has 0 spiro atoms. The fraction of sp³-hybridized carbons (Fsp3) is 0.650. The molecule has 26 heavy (non-hydrogen) atoms. The summed E-state index contributed by atoms with van der Waals surface area (Å²) in [7, 11) is 2.16. The van der Waals surface area contributed by atoms with Crippen molar-refractivity contribution in [2.75, 3.05) is 20.1 Å². The molecule has 4 rings (SSSR count). The Bertz CT molecular complexity index is 776. The largest absolute Gasteiger partial charge is 0.489 e. The Kier molecular flexibility index (Phi) is 4.47. The molecule has 0 radical (unpaired) electrons. The summed E-state index contributed by atoms with van der Waals surface area (Å²) in [4.78, 5) is 11.5. The van der Waals surface area contributed by atoms with Crippen LogP contribution in [-0.2, 0) is 5.41 Å². The first kappa shape index (κ1) is 17.5. The van der Waals surface area contributed by atoms with Crippen molar-refractivity contribution in [2.45, 2.75) is 63.9 Å². The Labute approximate surface area is 154 Å². The molecule has 1 aliphatic carbocycles. The summed E-state index contributed by atoms with van der Waals surface area (Å²) in [5.41, 5.74) is 1.76. The average Bonchev–Trinajstić information content (AvgIpc) is 3.29. The number of rotatable bonds is 4. The minimum atomic E-state index is -0.175. The zero-order chi connectivity index (χ0) is 18.3. The van der Waals surface area contributed by atoms with Crippen molar-refractivity contribution in [3.63, 3.8) is 0 Å². The maximum Gasteiger partial charge on any atom is 0.232 e. The molecule has 2 aromatic rings. The van der Waals surface area contributed by atoms with Crippen LogP contribution in [0.25, 0.3) is 11.5 Å². The highest BCUT2D eigenvalue weighted by Crippen LogP contribution is 2.45. The molecular weight excluding hydrogens is 328 g/mol. The minimum Gasteiger partial charge on any atom is -0.489 e. The van der Waals surface area contributed by atoms with Crippen LogP contribution < -0.4 is 4.74 Å². The van der Waals surface area contributed by atoms with Crippen LogP contribution in [0.15, 0.2) is 16.8 Å². The fourth-order valence-electron chi connectivity index (χ4n) is 3.40. The smallest absolute Gasteiger partial charge is 0.232 e. The summed E-state index contributed by atoms with van der Waals surface area (Å²) in [6.07, 6.45) is 6.90. The molecule has 0 N–H and O–H groups in total. The molecule has 6 heteroatoms. The van der Waals surface area contributed by atoms with Crippen molar-refractivity contribution in [3.8, 4) is 17.3 Å². The minimum absolute atomic E-state index is 0.175. The topological polar surface area (TPSA) is 64.3 Å². The van der Waals surface area contributed by atoms with Crippen LogP contribution >= 0.6 is 0 Å². The Morgan fingerprint density at radius 1 is 1.23 bits per heavy atom. The number of likely N-dealkylation sites (N-methyl/N-ethyl adjacent to an activating group) is 1. The van der Waals surface area contributed by atoms with E-state index >= 15 is 0 Å². The molecule has 3 heterocycles. The van der Waals surface area contributed by atoms with E-state index in [0.29, 0.717) is 23.3 Å². The summed E-state index contributed by atoms with van der Waals surface area (Å²) in [6, 6.07) is 2.00. The lowest BCUT2D eigenvalue weighted by molar-refractivity contribution is 0.103. The molecular formula is C20H28N4O2. The highest BCUT2D eigenvalue weighted by Gasteiger charge is 2.30. The SMILES string of the molecule is CN1CCCC(Oc2cc(-c3noc(C(C)(C)C)n3)ncc2C2CC2)C1. The van der Waals surface area contributed by atoms with Crippen molar-refractivity contribution < 1.29 is 9.26 Å². The lowest BCUT2D eigenvalue weighted by Gasteiger charge is -2.30. The predicted molar refractivity (Wildman–Crippen MR) is 99.4 cm³/mol. The molecule has 140 valence electrons. The standard InChI is InChI=1S/C20H28N4O2/c1-20(2,3)19-22-18(23-26-19)16-10-17(15(11-21-16)13-7-8-13)25-14-6-5-9-24(4)12-14/h10-11,13-14H,5-9,12H2,1-4H3. The van der Waals surface area contributed by atoms with Gasteiger partial charge in [-0.25, -0.2) is 0 Å². The molecule has 1 unspecified atom stereocenters. The van der Waals surface area contributed by atoms with Gasteiger partial charge in [0.25, 0.3) is 0 Å². The van der Waals surface area contributed by atoms with Gasteiger partial charge in [0.1, 0.15) is 17.5 Å². The second kappa shape index (κ2) is 6.65. The zero-order valence-corrected chi connectivity index (χ0v) is 16.2.